The van der Waals surface area contributed by atoms with Gasteiger partial charge in [0.25, 0.3) is 0 Å². The Morgan fingerprint density at radius 2 is 1.88 bits per heavy atom. The number of allylic oxidation sites excluding steroid dienone is 4. The first kappa shape index (κ1) is 23.8. The number of likely N-dealkylation sites (N-methyl/N-ethyl adjacent to an activating group) is 2. The third kappa shape index (κ3) is 5.28. The second kappa shape index (κ2) is 10.7. The van der Waals surface area contributed by atoms with E-state index in [0.29, 0.717) is 6.04 Å². The van der Waals surface area contributed by atoms with Crippen LogP contribution in [-0.2, 0) is 19.9 Å². The molecule has 2 N–H and O–H groups in total. The Bertz CT molecular complexity index is 1010. The zero-order chi connectivity index (χ0) is 23.4. The van der Waals surface area contributed by atoms with Crippen LogP contribution in [0.25, 0.3) is 11.0 Å². The Kier molecular flexibility index (Phi) is 7.76. The minimum absolute atomic E-state index is 0.559. The van der Waals surface area contributed by atoms with Gasteiger partial charge < -0.3 is 25.0 Å². The molecule has 0 aromatic carbocycles. The molecular weight excluding hydrogens is 408 g/mol. The van der Waals surface area contributed by atoms with E-state index in [1.807, 2.05) is 0 Å². The predicted molar refractivity (Wildman–Crippen MR) is 140 cm³/mol. The smallest absolute Gasteiger partial charge is 0.142 e. The van der Waals surface area contributed by atoms with Crippen molar-refractivity contribution in [3.63, 3.8) is 0 Å². The van der Waals surface area contributed by atoms with Gasteiger partial charge in [-0.15, -0.1) is 0 Å². The SMILES string of the molecule is CC/C(=C\C=C(/CC)N1CCN(C)CC1)Nc1ccc2c3c(n(C)c2n1)CCCC(NC)C3. The van der Waals surface area contributed by atoms with E-state index in [1.165, 1.54) is 40.9 Å². The topological polar surface area (TPSA) is 48.4 Å². The van der Waals surface area contributed by atoms with Crippen molar-refractivity contribution >= 4 is 16.9 Å². The van der Waals surface area contributed by atoms with Crippen molar-refractivity contribution in [2.75, 3.05) is 45.6 Å². The molecule has 33 heavy (non-hydrogen) atoms. The number of piperazine rings is 1. The third-order valence-electron chi connectivity index (χ3n) is 7.51. The summed E-state index contributed by atoms with van der Waals surface area (Å²) in [6, 6.07) is 4.98. The van der Waals surface area contributed by atoms with Crippen LogP contribution in [0.2, 0.25) is 0 Å². The zero-order valence-corrected chi connectivity index (χ0v) is 21.2. The van der Waals surface area contributed by atoms with Gasteiger partial charge in [0.15, 0.2) is 0 Å². The summed E-state index contributed by atoms with van der Waals surface area (Å²) in [5.74, 6) is 0.933. The molecule has 0 saturated carbocycles. The molecule has 2 aromatic heterocycles. The van der Waals surface area contributed by atoms with Crippen LogP contribution in [-0.4, -0.2) is 65.7 Å². The number of fused-ring (bicyclic) bond motifs is 3. The third-order valence-corrected chi connectivity index (χ3v) is 7.51. The molecular formula is C27H42N6. The second-order valence-electron chi connectivity index (χ2n) is 9.61. The van der Waals surface area contributed by atoms with Crippen LogP contribution in [0, 0.1) is 0 Å². The lowest BCUT2D eigenvalue weighted by molar-refractivity contribution is 0.183. The first-order chi connectivity index (χ1) is 16.0. The van der Waals surface area contributed by atoms with Crippen LogP contribution >= 0.6 is 0 Å². The van der Waals surface area contributed by atoms with Gasteiger partial charge in [-0.2, -0.15) is 0 Å². The summed E-state index contributed by atoms with van der Waals surface area (Å²) >= 11 is 0. The quantitative estimate of drug-likeness (QED) is 0.487. The lowest BCUT2D eigenvalue weighted by atomic mass is 10.0. The molecule has 0 bridgehead atoms. The van der Waals surface area contributed by atoms with Gasteiger partial charge >= 0.3 is 0 Å². The van der Waals surface area contributed by atoms with Crippen LogP contribution in [0.15, 0.2) is 35.7 Å². The number of nitrogens with one attached hydrogen (secondary N) is 2. The van der Waals surface area contributed by atoms with Crippen molar-refractivity contribution in [3.05, 3.63) is 46.9 Å². The fourth-order valence-electron chi connectivity index (χ4n) is 5.30. The molecule has 3 heterocycles. The summed E-state index contributed by atoms with van der Waals surface area (Å²) in [7, 11) is 6.47. The normalized spacial score (nSPS) is 20.8. The lowest BCUT2D eigenvalue weighted by Crippen LogP contribution is -2.43. The van der Waals surface area contributed by atoms with Crippen molar-refractivity contribution < 1.29 is 0 Å². The van der Waals surface area contributed by atoms with E-state index in [9.17, 15) is 0 Å². The zero-order valence-electron chi connectivity index (χ0n) is 21.2. The van der Waals surface area contributed by atoms with Crippen LogP contribution in [0.3, 0.4) is 0 Å². The Balaban J connectivity index is 1.55. The number of aromatic nitrogens is 2. The van der Waals surface area contributed by atoms with E-state index in [-0.39, 0.29) is 0 Å². The maximum atomic E-state index is 5.05. The van der Waals surface area contributed by atoms with Gasteiger partial charge in [-0.05, 0) is 82.5 Å². The number of hydrogen-bond donors (Lipinski definition) is 2. The molecule has 1 saturated heterocycles. The highest BCUT2D eigenvalue weighted by molar-refractivity contribution is 5.84. The summed E-state index contributed by atoms with van der Waals surface area (Å²) in [5, 5.41) is 8.41. The van der Waals surface area contributed by atoms with Crippen molar-refractivity contribution in [1.29, 1.82) is 0 Å². The van der Waals surface area contributed by atoms with Gasteiger partial charge in [0, 0.05) is 61.7 Å². The van der Waals surface area contributed by atoms with Gasteiger partial charge in [0.05, 0.1) is 0 Å². The molecule has 4 rings (SSSR count). The highest BCUT2D eigenvalue weighted by atomic mass is 15.2. The van der Waals surface area contributed by atoms with Gasteiger partial charge in [0.1, 0.15) is 11.5 Å². The van der Waals surface area contributed by atoms with E-state index in [2.05, 4.69) is 84.3 Å². The number of anilines is 1. The average Bonchev–Trinajstić information content (AvgIpc) is 2.97. The first-order valence-corrected chi connectivity index (χ1v) is 12.8. The van der Waals surface area contributed by atoms with Crippen LogP contribution in [0.4, 0.5) is 5.82 Å². The molecule has 1 fully saturated rings. The largest absolute Gasteiger partial charge is 0.372 e. The molecule has 6 heteroatoms. The number of rotatable bonds is 7. The molecule has 2 aromatic rings. The number of aryl methyl sites for hydroxylation is 1. The maximum Gasteiger partial charge on any atom is 0.142 e. The van der Waals surface area contributed by atoms with Crippen LogP contribution in [0.1, 0.15) is 50.8 Å². The Morgan fingerprint density at radius 3 is 2.58 bits per heavy atom. The van der Waals surface area contributed by atoms with Crippen molar-refractivity contribution in [2.24, 2.45) is 7.05 Å². The molecule has 1 unspecified atom stereocenters. The van der Waals surface area contributed by atoms with E-state index >= 15 is 0 Å². The molecule has 0 radical (unpaired) electrons. The molecule has 180 valence electrons. The number of nitrogens with zero attached hydrogens (tertiary/aromatic N) is 4. The van der Waals surface area contributed by atoms with Gasteiger partial charge in [0.2, 0.25) is 0 Å². The average molecular weight is 451 g/mol. The maximum absolute atomic E-state index is 5.05. The monoisotopic (exact) mass is 450 g/mol. The Labute approximate surface area is 199 Å². The summed E-state index contributed by atoms with van der Waals surface area (Å²) in [5.41, 5.74) is 6.66. The summed E-state index contributed by atoms with van der Waals surface area (Å²) in [4.78, 5) is 9.99. The number of hydrogen-bond acceptors (Lipinski definition) is 5. The molecule has 0 spiro atoms. The Hall–Kier alpha value is -2.31. The minimum Gasteiger partial charge on any atom is -0.372 e. The van der Waals surface area contributed by atoms with Crippen LogP contribution < -0.4 is 10.6 Å². The fraction of sp³-hybridized carbons (Fsp3) is 0.593. The van der Waals surface area contributed by atoms with Crippen molar-refractivity contribution in [3.8, 4) is 0 Å². The predicted octanol–water partition coefficient (Wildman–Crippen LogP) is 4.29. The highest BCUT2D eigenvalue weighted by Crippen LogP contribution is 2.31. The number of pyridine rings is 1. The fourth-order valence-corrected chi connectivity index (χ4v) is 5.30. The van der Waals surface area contributed by atoms with Gasteiger partial charge in [-0.3, -0.25) is 0 Å². The molecule has 1 atom stereocenters. The highest BCUT2D eigenvalue weighted by Gasteiger charge is 2.22. The van der Waals surface area contributed by atoms with Gasteiger partial charge in [-0.1, -0.05) is 13.8 Å². The van der Waals surface area contributed by atoms with Crippen LogP contribution in [0.5, 0.6) is 0 Å². The second-order valence-corrected chi connectivity index (χ2v) is 9.61. The van der Waals surface area contributed by atoms with E-state index in [0.717, 1.165) is 63.3 Å². The molecule has 2 aliphatic rings. The van der Waals surface area contributed by atoms with E-state index in [1.54, 1.807) is 0 Å². The summed E-state index contributed by atoms with van der Waals surface area (Å²) in [6.45, 7) is 8.96. The molecule has 0 amide bonds. The minimum atomic E-state index is 0.559. The lowest BCUT2D eigenvalue weighted by Gasteiger charge is -2.35. The van der Waals surface area contributed by atoms with Crippen molar-refractivity contribution in [1.82, 2.24) is 24.7 Å². The van der Waals surface area contributed by atoms with E-state index in [4.69, 9.17) is 4.98 Å². The molecule has 6 nitrogen and oxygen atoms in total. The van der Waals surface area contributed by atoms with Gasteiger partial charge in [-0.25, -0.2) is 4.98 Å². The Morgan fingerprint density at radius 1 is 1.09 bits per heavy atom. The molecule has 1 aliphatic carbocycles. The summed E-state index contributed by atoms with van der Waals surface area (Å²) in [6.07, 6.45) is 11.3. The standard InChI is InChI=1S/C27H42N6/c1-6-20(11-12-22(7-2)33-17-15-31(4)16-18-33)29-26-14-13-23-24-19-21(28-3)9-8-10-25(24)32(5)27(23)30-26/h11-14,21,28H,6-10,15-19H2,1-5H3,(H,29,30)/b20-11+,22-12+. The first-order valence-electron chi connectivity index (χ1n) is 12.8. The summed E-state index contributed by atoms with van der Waals surface area (Å²) < 4.78 is 2.33. The van der Waals surface area contributed by atoms with Crippen molar-refractivity contribution in [2.45, 2.75) is 58.4 Å². The van der Waals surface area contributed by atoms with E-state index < -0.39 is 0 Å². The molecule has 1 aliphatic heterocycles.